The van der Waals surface area contributed by atoms with E-state index in [2.05, 4.69) is 27.3 Å². The molecule has 2 aliphatic rings. The Bertz CT molecular complexity index is 579. The standard InChI is InChI=1S/C16H21N3OS2/c1-2-13(21-11-1)3-5-18-6-8-19(9-7-18)16-17-14-4-10-20-12-15(14)22-16/h1-2,11H,3-10,12H2. The van der Waals surface area contributed by atoms with Gasteiger partial charge in [0.05, 0.1) is 23.8 Å². The van der Waals surface area contributed by atoms with E-state index in [-0.39, 0.29) is 0 Å². The summed E-state index contributed by atoms with van der Waals surface area (Å²) in [4.78, 5) is 12.7. The number of anilines is 1. The largest absolute Gasteiger partial charge is 0.375 e. The van der Waals surface area contributed by atoms with Gasteiger partial charge < -0.3 is 9.64 Å². The first-order valence-electron chi connectivity index (χ1n) is 7.94. The highest BCUT2D eigenvalue weighted by atomic mass is 32.1. The molecule has 2 aromatic rings. The van der Waals surface area contributed by atoms with Crippen LogP contribution in [0.1, 0.15) is 15.4 Å². The Hall–Kier alpha value is -0.950. The van der Waals surface area contributed by atoms with E-state index in [9.17, 15) is 0 Å². The second-order valence-electron chi connectivity index (χ2n) is 5.83. The van der Waals surface area contributed by atoms with Crippen LogP contribution in [0.25, 0.3) is 0 Å². The van der Waals surface area contributed by atoms with Crippen LogP contribution in [0.2, 0.25) is 0 Å². The van der Waals surface area contributed by atoms with Crippen LogP contribution in [0.3, 0.4) is 0 Å². The number of fused-ring (bicyclic) bond motifs is 1. The van der Waals surface area contributed by atoms with Crippen LogP contribution in [-0.4, -0.2) is 49.2 Å². The number of nitrogens with zero attached hydrogens (tertiary/aromatic N) is 3. The fourth-order valence-electron chi connectivity index (χ4n) is 3.03. The van der Waals surface area contributed by atoms with Crippen LogP contribution in [-0.2, 0) is 24.2 Å². The monoisotopic (exact) mass is 335 g/mol. The Balaban J connectivity index is 1.30. The molecule has 0 N–H and O–H groups in total. The second kappa shape index (κ2) is 6.66. The number of ether oxygens (including phenoxy) is 1. The number of hydrogen-bond donors (Lipinski definition) is 0. The van der Waals surface area contributed by atoms with Gasteiger partial charge in [0.1, 0.15) is 0 Å². The smallest absolute Gasteiger partial charge is 0.185 e. The topological polar surface area (TPSA) is 28.6 Å². The molecule has 0 aromatic carbocycles. The first-order valence-corrected chi connectivity index (χ1v) is 9.64. The zero-order valence-electron chi connectivity index (χ0n) is 12.7. The summed E-state index contributed by atoms with van der Waals surface area (Å²) in [6.07, 6.45) is 2.16. The minimum absolute atomic E-state index is 0.758. The molecule has 0 bridgehead atoms. The van der Waals surface area contributed by atoms with E-state index < -0.39 is 0 Å². The molecule has 22 heavy (non-hydrogen) atoms. The SMILES string of the molecule is c1csc(CCN2CCN(c3nc4c(s3)COCC4)CC2)c1. The van der Waals surface area contributed by atoms with E-state index in [0.717, 1.165) is 45.8 Å². The van der Waals surface area contributed by atoms with E-state index in [1.165, 1.54) is 33.5 Å². The van der Waals surface area contributed by atoms with Crippen molar-refractivity contribution in [3.63, 3.8) is 0 Å². The molecule has 1 fully saturated rings. The highest BCUT2D eigenvalue weighted by Crippen LogP contribution is 2.30. The van der Waals surface area contributed by atoms with Gasteiger partial charge in [-0.3, -0.25) is 4.90 Å². The fraction of sp³-hybridized carbons (Fsp3) is 0.562. The Morgan fingerprint density at radius 3 is 2.91 bits per heavy atom. The predicted octanol–water partition coefficient (Wildman–Crippen LogP) is 2.64. The summed E-state index contributed by atoms with van der Waals surface area (Å²) >= 11 is 3.69. The van der Waals surface area contributed by atoms with Gasteiger partial charge in [-0.2, -0.15) is 0 Å². The zero-order valence-corrected chi connectivity index (χ0v) is 14.3. The molecule has 0 radical (unpaired) electrons. The quantitative estimate of drug-likeness (QED) is 0.859. The normalized spacial score (nSPS) is 19.4. The van der Waals surface area contributed by atoms with Crippen molar-refractivity contribution in [2.75, 3.05) is 44.2 Å². The lowest BCUT2D eigenvalue weighted by Gasteiger charge is -2.34. The van der Waals surface area contributed by atoms with Gasteiger partial charge in [0.15, 0.2) is 5.13 Å². The molecule has 0 atom stereocenters. The molecule has 2 aliphatic heterocycles. The fourth-order valence-corrected chi connectivity index (χ4v) is 4.83. The lowest BCUT2D eigenvalue weighted by atomic mass is 10.2. The first-order chi connectivity index (χ1) is 10.9. The average Bonchev–Trinajstić information content (AvgIpc) is 3.22. The Kier molecular flexibility index (Phi) is 4.43. The molecule has 0 amide bonds. The molecule has 0 unspecified atom stereocenters. The van der Waals surface area contributed by atoms with Gasteiger partial charge in [0, 0.05) is 44.0 Å². The molecule has 2 aromatic heterocycles. The van der Waals surface area contributed by atoms with Gasteiger partial charge in [0.25, 0.3) is 0 Å². The van der Waals surface area contributed by atoms with Crippen LogP contribution >= 0.6 is 22.7 Å². The third-order valence-electron chi connectivity index (χ3n) is 4.38. The minimum Gasteiger partial charge on any atom is -0.375 e. The Morgan fingerprint density at radius 1 is 1.23 bits per heavy atom. The van der Waals surface area contributed by atoms with Gasteiger partial charge >= 0.3 is 0 Å². The maximum Gasteiger partial charge on any atom is 0.185 e. The molecule has 4 heterocycles. The van der Waals surface area contributed by atoms with Crippen molar-refractivity contribution in [2.24, 2.45) is 0 Å². The maximum absolute atomic E-state index is 5.53. The van der Waals surface area contributed by atoms with Crippen LogP contribution in [0.15, 0.2) is 17.5 Å². The molecule has 1 saturated heterocycles. The van der Waals surface area contributed by atoms with E-state index in [1.807, 2.05) is 22.7 Å². The number of piperazine rings is 1. The lowest BCUT2D eigenvalue weighted by molar-refractivity contribution is 0.112. The third-order valence-corrected chi connectivity index (χ3v) is 6.45. The Morgan fingerprint density at radius 2 is 2.14 bits per heavy atom. The van der Waals surface area contributed by atoms with Crippen LogP contribution in [0, 0.1) is 0 Å². The van der Waals surface area contributed by atoms with Crippen molar-refractivity contribution in [3.8, 4) is 0 Å². The van der Waals surface area contributed by atoms with Gasteiger partial charge in [-0.1, -0.05) is 17.4 Å². The molecule has 0 spiro atoms. The van der Waals surface area contributed by atoms with Gasteiger partial charge in [-0.25, -0.2) is 4.98 Å². The van der Waals surface area contributed by atoms with Crippen molar-refractivity contribution in [1.82, 2.24) is 9.88 Å². The molecule has 4 rings (SSSR count). The summed E-state index contributed by atoms with van der Waals surface area (Å²) in [5.41, 5.74) is 1.27. The van der Waals surface area contributed by atoms with Crippen molar-refractivity contribution < 1.29 is 4.74 Å². The molecule has 0 aliphatic carbocycles. The van der Waals surface area contributed by atoms with Gasteiger partial charge in [0.2, 0.25) is 0 Å². The molecule has 0 saturated carbocycles. The van der Waals surface area contributed by atoms with Crippen molar-refractivity contribution in [2.45, 2.75) is 19.4 Å². The number of rotatable bonds is 4. The molecule has 4 nitrogen and oxygen atoms in total. The predicted molar refractivity (Wildman–Crippen MR) is 92.2 cm³/mol. The third kappa shape index (κ3) is 3.20. The van der Waals surface area contributed by atoms with Crippen molar-refractivity contribution in [3.05, 3.63) is 33.0 Å². The summed E-state index contributed by atoms with van der Waals surface area (Å²) in [7, 11) is 0. The number of thiazole rings is 1. The van der Waals surface area contributed by atoms with Gasteiger partial charge in [-0.05, 0) is 17.9 Å². The summed E-state index contributed by atoms with van der Waals surface area (Å²) < 4.78 is 5.53. The minimum atomic E-state index is 0.758. The van der Waals surface area contributed by atoms with E-state index in [0.29, 0.717) is 0 Å². The van der Waals surface area contributed by atoms with Crippen LogP contribution in [0.5, 0.6) is 0 Å². The number of thiophene rings is 1. The summed E-state index contributed by atoms with van der Waals surface area (Å²) in [5.74, 6) is 0. The summed E-state index contributed by atoms with van der Waals surface area (Å²) in [6, 6.07) is 4.38. The second-order valence-corrected chi connectivity index (χ2v) is 7.92. The lowest BCUT2D eigenvalue weighted by Crippen LogP contribution is -2.46. The Labute approximate surface area is 139 Å². The zero-order chi connectivity index (χ0) is 14.8. The number of aromatic nitrogens is 1. The van der Waals surface area contributed by atoms with E-state index >= 15 is 0 Å². The van der Waals surface area contributed by atoms with Crippen molar-refractivity contribution in [1.29, 1.82) is 0 Å². The van der Waals surface area contributed by atoms with Crippen LogP contribution < -0.4 is 4.90 Å². The van der Waals surface area contributed by atoms with Gasteiger partial charge in [-0.15, -0.1) is 11.3 Å². The number of hydrogen-bond acceptors (Lipinski definition) is 6. The first kappa shape index (κ1) is 14.6. The summed E-state index contributed by atoms with van der Waals surface area (Å²) in [6.45, 7) is 7.24. The highest BCUT2D eigenvalue weighted by Gasteiger charge is 2.22. The van der Waals surface area contributed by atoms with E-state index in [1.54, 1.807) is 0 Å². The molecular formula is C16H21N3OS2. The van der Waals surface area contributed by atoms with E-state index in [4.69, 9.17) is 9.72 Å². The summed E-state index contributed by atoms with van der Waals surface area (Å²) in [5, 5.41) is 3.37. The maximum atomic E-state index is 5.53. The average molecular weight is 335 g/mol. The molecule has 118 valence electrons. The molecule has 6 heteroatoms. The highest BCUT2D eigenvalue weighted by molar-refractivity contribution is 7.15. The van der Waals surface area contributed by atoms with Crippen LogP contribution in [0.4, 0.5) is 5.13 Å². The van der Waals surface area contributed by atoms with Crippen molar-refractivity contribution >= 4 is 27.8 Å². The molecular weight excluding hydrogens is 314 g/mol.